The maximum Gasteiger partial charge on any atom is 0.401 e. The van der Waals surface area contributed by atoms with E-state index in [1.54, 1.807) is 12.1 Å². The number of hydrogen-bond donors (Lipinski definition) is 1. The summed E-state index contributed by atoms with van der Waals surface area (Å²) in [5.41, 5.74) is 0.474. The van der Waals surface area contributed by atoms with Gasteiger partial charge < -0.3 is 5.32 Å². The normalized spacial score (nSPS) is 19.7. The molecule has 1 atom stereocenters. The van der Waals surface area contributed by atoms with Crippen molar-refractivity contribution >= 4 is 21.8 Å². The number of nitrogens with zero attached hydrogens (tertiary/aromatic N) is 2. The molecule has 1 fully saturated rings. The van der Waals surface area contributed by atoms with Crippen LogP contribution in [0.4, 0.5) is 13.2 Å². The van der Waals surface area contributed by atoms with Crippen LogP contribution in [-0.4, -0.2) is 48.1 Å². The van der Waals surface area contributed by atoms with Crippen molar-refractivity contribution < 1.29 is 18.0 Å². The van der Waals surface area contributed by atoms with Crippen LogP contribution >= 0.6 is 15.9 Å². The zero-order chi connectivity index (χ0) is 15.5. The summed E-state index contributed by atoms with van der Waals surface area (Å²) in [6.07, 6.45) is -1.99. The average molecular weight is 366 g/mol. The summed E-state index contributed by atoms with van der Waals surface area (Å²) in [7, 11) is 0. The third-order valence-corrected chi connectivity index (χ3v) is 3.75. The van der Waals surface area contributed by atoms with Crippen LogP contribution in [0.1, 0.15) is 16.8 Å². The van der Waals surface area contributed by atoms with Crippen molar-refractivity contribution in [2.45, 2.75) is 12.6 Å². The Hall–Kier alpha value is -1.15. The lowest BCUT2D eigenvalue weighted by Crippen LogP contribution is -2.34. The number of carbonyl (C=O) groups is 1. The highest BCUT2D eigenvalue weighted by atomic mass is 79.9. The van der Waals surface area contributed by atoms with Gasteiger partial charge in [-0.3, -0.25) is 9.69 Å². The van der Waals surface area contributed by atoms with E-state index in [1.807, 2.05) is 0 Å². The first-order chi connectivity index (χ1) is 9.83. The fraction of sp³-hybridized carbons (Fsp3) is 0.538. The lowest BCUT2D eigenvalue weighted by Gasteiger charge is -2.18. The second kappa shape index (κ2) is 6.74. The molecule has 0 radical (unpaired) electrons. The molecule has 2 heterocycles. The molecule has 1 aliphatic heterocycles. The quantitative estimate of drug-likeness (QED) is 0.833. The zero-order valence-corrected chi connectivity index (χ0v) is 12.7. The molecule has 1 saturated heterocycles. The van der Waals surface area contributed by atoms with Crippen LogP contribution in [0.2, 0.25) is 0 Å². The SMILES string of the molecule is O=C(NCC1CCN(CC(F)(F)F)C1)c1ccnc(Br)c1. The van der Waals surface area contributed by atoms with Crippen molar-refractivity contribution in [1.82, 2.24) is 15.2 Å². The van der Waals surface area contributed by atoms with Crippen LogP contribution in [0, 0.1) is 5.92 Å². The summed E-state index contributed by atoms with van der Waals surface area (Å²) >= 11 is 3.18. The summed E-state index contributed by atoms with van der Waals surface area (Å²) in [4.78, 5) is 17.2. The molecule has 116 valence electrons. The van der Waals surface area contributed by atoms with E-state index in [-0.39, 0.29) is 11.8 Å². The fourth-order valence-electron chi connectivity index (χ4n) is 2.36. The van der Waals surface area contributed by atoms with Crippen LogP contribution in [0.15, 0.2) is 22.9 Å². The van der Waals surface area contributed by atoms with E-state index in [1.165, 1.54) is 11.1 Å². The molecule has 1 unspecified atom stereocenters. The minimum Gasteiger partial charge on any atom is -0.352 e. The van der Waals surface area contributed by atoms with E-state index in [4.69, 9.17) is 0 Å². The summed E-state index contributed by atoms with van der Waals surface area (Å²) in [6, 6.07) is 3.19. The number of carbonyl (C=O) groups excluding carboxylic acids is 1. The molecule has 1 aliphatic rings. The van der Waals surface area contributed by atoms with Gasteiger partial charge in [0.2, 0.25) is 0 Å². The van der Waals surface area contributed by atoms with Gasteiger partial charge in [0, 0.05) is 24.8 Å². The second-order valence-electron chi connectivity index (χ2n) is 5.08. The lowest BCUT2D eigenvalue weighted by molar-refractivity contribution is -0.143. The van der Waals surface area contributed by atoms with Gasteiger partial charge in [-0.05, 0) is 46.9 Å². The summed E-state index contributed by atoms with van der Waals surface area (Å²) in [6.45, 7) is 0.280. The minimum absolute atomic E-state index is 0.0570. The number of alkyl halides is 3. The van der Waals surface area contributed by atoms with Gasteiger partial charge in [0.05, 0.1) is 6.54 Å². The minimum atomic E-state index is -4.17. The first-order valence-corrected chi connectivity index (χ1v) is 7.31. The first-order valence-electron chi connectivity index (χ1n) is 6.52. The largest absolute Gasteiger partial charge is 0.401 e. The summed E-state index contributed by atoms with van der Waals surface area (Å²) in [5, 5.41) is 2.76. The van der Waals surface area contributed by atoms with Crippen LogP contribution in [0.5, 0.6) is 0 Å². The molecule has 1 aromatic heterocycles. The van der Waals surface area contributed by atoms with Crippen molar-refractivity contribution in [3.05, 3.63) is 28.5 Å². The fourth-order valence-corrected chi connectivity index (χ4v) is 2.72. The van der Waals surface area contributed by atoms with Gasteiger partial charge in [-0.2, -0.15) is 13.2 Å². The highest BCUT2D eigenvalue weighted by molar-refractivity contribution is 9.10. The Labute approximate surface area is 128 Å². The van der Waals surface area contributed by atoms with Gasteiger partial charge in [0.15, 0.2) is 0 Å². The molecule has 0 bridgehead atoms. The van der Waals surface area contributed by atoms with E-state index >= 15 is 0 Å². The maximum atomic E-state index is 12.3. The summed E-state index contributed by atoms with van der Waals surface area (Å²) in [5.74, 6) is -0.186. The monoisotopic (exact) mass is 365 g/mol. The molecule has 0 aromatic carbocycles. The number of rotatable bonds is 4. The molecule has 2 rings (SSSR count). The molecule has 4 nitrogen and oxygen atoms in total. The predicted molar refractivity (Wildman–Crippen MR) is 74.9 cm³/mol. The highest BCUT2D eigenvalue weighted by Gasteiger charge is 2.34. The molecular weight excluding hydrogens is 351 g/mol. The van der Waals surface area contributed by atoms with E-state index in [2.05, 4.69) is 26.2 Å². The smallest absolute Gasteiger partial charge is 0.352 e. The number of nitrogens with one attached hydrogen (secondary N) is 1. The zero-order valence-electron chi connectivity index (χ0n) is 11.2. The van der Waals surface area contributed by atoms with Gasteiger partial charge in [0.25, 0.3) is 5.91 Å². The molecule has 0 saturated carbocycles. The Balaban J connectivity index is 1.78. The predicted octanol–water partition coefficient (Wildman–Crippen LogP) is 2.46. The third-order valence-electron chi connectivity index (χ3n) is 3.31. The Morgan fingerprint density at radius 1 is 1.52 bits per heavy atom. The van der Waals surface area contributed by atoms with Gasteiger partial charge in [-0.1, -0.05) is 0 Å². The van der Waals surface area contributed by atoms with E-state index in [9.17, 15) is 18.0 Å². The number of pyridine rings is 1. The second-order valence-corrected chi connectivity index (χ2v) is 5.89. The van der Waals surface area contributed by atoms with Crippen molar-refractivity contribution in [2.75, 3.05) is 26.2 Å². The third kappa shape index (κ3) is 5.28. The Kier molecular flexibility index (Phi) is 5.21. The Morgan fingerprint density at radius 2 is 2.29 bits per heavy atom. The molecule has 0 spiro atoms. The van der Waals surface area contributed by atoms with Crippen molar-refractivity contribution in [1.29, 1.82) is 0 Å². The number of aromatic nitrogens is 1. The molecule has 21 heavy (non-hydrogen) atoms. The molecule has 1 aromatic rings. The van der Waals surface area contributed by atoms with Crippen LogP contribution in [0.3, 0.4) is 0 Å². The number of likely N-dealkylation sites (tertiary alicyclic amines) is 1. The molecular formula is C13H15BrF3N3O. The topological polar surface area (TPSA) is 45.2 Å². The van der Waals surface area contributed by atoms with Gasteiger partial charge in [0.1, 0.15) is 4.60 Å². The van der Waals surface area contributed by atoms with Crippen LogP contribution < -0.4 is 5.32 Å². The standard InChI is InChI=1S/C13H15BrF3N3O/c14-11-5-10(1-3-18-11)12(21)19-6-9-2-4-20(7-9)8-13(15,16)17/h1,3,5,9H,2,4,6-8H2,(H,19,21). The maximum absolute atomic E-state index is 12.3. The first kappa shape index (κ1) is 16.2. The van der Waals surface area contributed by atoms with Gasteiger partial charge in [-0.25, -0.2) is 4.98 Å². The average Bonchev–Trinajstić information content (AvgIpc) is 2.81. The van der Waals surface area contributed by atoms with Crippen LogP contribution in [0.25, 0.3) is 0 Å². The van der Waals surface area contributed by atoms with Crippen LogP contribution in [-0.2, 0) is 0 Å². The highest BCUT2D eigenvalue weighted by Crippen LogP contribution is 2.22. The number of amides is 1. The Bertz CT molecular complexity index is 510. The van der Waals surface area contributed by atoms with E-state index in [0.717, 1.165) is 0 Å². The molecule has 8 heteroatoms. The molecule has 1 N–H and O–H groups in total. The number of halogens is 4. The van der Waals surface area contributed by atoms with Gasteiger partial charge >= 0.3 is 6.18 Å². The van der Waals surface area contributed by atoms with E-state index < -0.39 is 12.7 Å². The van der Waals surface area contributed by atoms with E-state index in [0.29, 0.717) is 36.2 Å². The van der Waals surface area contributed by atoms with Gasteiger partial charge in [-0.15, -0.1) is 0 Å². The number of hydrogen-bond acceptors (Lipinski definition) is 3. The lowest BCUT2D eigenvalue weighted by atomic mass is 10.1. The van der Waals surface area contributed by atoms with Crippen molar-refractivity contribution in [3.8, 4) is 0 Å². The molecule has 0 aliphatic carbocycles. The molecule has 1 amide bonds. The van der Waals surface area contributed by atoms with Crippen molar-refractivity contribution in [2.24, 2.45) is 5.92 Å². The van der Waals surface area contributed by atoms with Crippen molar-refractivity contribution in [3.63, 3.8) is 0 Å². The summed E-state index contributed by atoms with van der Waals surface area (Å²) < 4.78 is 37.4. The Morgan fingerprint density at radius 3 is 2.95 bits per heavy atom.